The summed E-state index contributed by atoms with van der Waals surface area (Å²) in [6.07, 6.45) is -2.32. The topological polar surface area (TPSA) is 131 Å². The Labute approximate surface area is 95.0 Å². The molecule has 0 aliphatic carbocycles. The summed E-state index contributed by atoms with van der Waals surface area (Å²) in [5.74, 6) is -0.500. The van der Waals surface area contributed by atoms with Crippen LogP contribution in [0.3, 0.4) is 0 Å². The Kier molecular flexibility index (Phi) is 3.07. The van der Waals surface area contributed by atoms with E-state index in [0.717, 1.165) is 4.57 Å². The van der Waals surface area contributed by atoms with Gasteiger partial charge in [0.05, 0.1) is 6.61 Å². The van der Waals surface area contributed by atoms with Crippen molar-refractivity contribution in [2.45, 2.75) is 24.5 Å². The van der Waals surface area contributed by atoms with Crippen LogP contribution in [0.2, 0.25) is 0 Å². The molecule has 1 aliphatic heterocycles. The molecule has 0 aromatic carbocycles. The Bertz CT molecular complexity index is 421. The highest BCUT2D eigenvalue weighted by molar-refractivity contribution is 5.09. The summed E-state index contributed by atoms with van der Waals surface area (Å²) in [7, 11) is 0. The smallest absolute Gasteiger partial charge is 0.394 e. The fourth-order valence-corrected chi connectivity index (χ4v) is 1.76. The second-order valence-electron chi connectivity index (χ2n) is 3.62. The quantitative estimate of drug-likeness (QED) is 0.431. The summed E-state index contributed by atoms with van der Waals surface area (Å²) >= 11 is 0. The summed E-state index contributed by atoms with van der Waals surface area (Å²) in [5, 5.41) is 38.7. The van der Waals surface area contributed by atoms with Crippen LogP contribution in [-0.2, 0) is 4.74 Å². The molecule has 0 bridgehead atoms. The molecule has 1 aromatic heterocycles. The second-order valence-corrected chi connectivity index (χ2v) is 3.62. The third kappa shape index (κ3) is 1.89. The van der Waals surface area contributed by atoms with Gasteiger partial charge in [0, 0.05) is 0 Å². The minimum atomic E-state index is -1.36. The predicted molar refractivity (Wildman–Crippen MR) is 51.9 cm³/mol. The zero-order valence-corrected chi connectivity index (χ0v) is 8.58. The van der Waals surface area contributed by atoms with Crippen LogP contribution in [0.5, 0.6) is 0 Å². The average molecular weight is 245 g/mol. The van der Waals surface area contributed by atoms with Crippen molar-refractivity contribution in [3.63, 3.8) is 0 Å². The molecule has 4 atom stereocenters. The van der Waals surface area contributed by atoms with Crippen molar-refractivity contribution in [2.75, 3.05) is 6.61 Å². The van der Waals surface area contributed by atoms with Gasteiger partial charge in [0.1, 0.15) is 30.7 Å². The molecule has 17 heavy (non-hydrogen) atoms. The summed E-state index contributed by atoms with van der Waals surface area (Å²) in [5.41, 5.74) is 0. The van der Waals surface area contributed by atoms with Gasteiger partial charge in [-0.05, 0) is 4.92 Å². The Morgan fingerprint density at radius 1 is 1.53 bits per heavy atom. The van der Waals surface area contributed by atoms with E-state index in [2.05, 4.69) is 4.98 Å². The monoisotopic (exact) mass is 245 g/mol. The molecular formula is C8H11N3O6. The van der Waals surface area contributed by atoms with Crippen LogP contribution in [-0.4, -0.2) is 54.7 Å². The van der Waals surface area contributed by atoms with Crippen LogP contribution in [0.25, 0.3) is 0 Å². The van der Waals surface area contributed by atoms with E-state index in [0.29, 0.717) is 0 Å². The summed E-state index contributed by atoms with van der Waals surface area (Å²) in [6, 6.07) is 0. The van der Waals surface area contributed by atoms with Crippen molar-refractivity contribution in [1.82, 2.24) is 9.55 Å². The molecule has 3 N–H and O–H groups in total. The van der Waals surface area contributed by atoms with Crippen molar-refractivity contribution in [3.8, 4) is 0 Å². The summed E-state index contributed by atoms with van der Waals surface area (Å²) in [6.45, 7) is -0.489. The minimum Gasteiger partial charge on any atom is -0.394 e. The maximum atomic E-state index is 10.7. The molecule has 1 saturated heterocycles. The molecule has 0 saturated carbocycles. The number of hydrogen-bond donors (Lipinski definition) is 3. The highest BCUT2D eigenvalue weighted by atomic mass is 16.6. The highest BCUT2D eigenvalue weighted by Crippen LogP contribution is 2.31. The van der Waals surface area contributed by atoms with Gasteiger partial charge in [0.25, 0.3) is 0 Å². The molecule has 9 heteroatoms. The van der Waals surface area contributed by atoms with Gasteiger partial charge in [0.15, 0.2) is 0 Å². The first-order chi connectivity index (χ1) is 8.06. The molecule has 0 spiro atoms. The number of aliphatic hydroxyl groups excluding tert-OH is 3. The van der Waals surface area contributed by atoms with Crippen molar-refractivity contribution in [3.05, 3.63) is 22.5 Å². The number of imidazole rings is 1. The fraction of sp³-hybridized carbons (Fsp3) is 0.625. The molecule has 9 nitrogen and oxygen atoms in total. The molecule has 1 aliphatic rings. The molecule has 2 heterocycles. The normalized spacial score (nSPS) is 32.9. The van der Waals surface area contributed by atoms with Crippen LogP contribution >= 0.6 is 0 Å². The molecule has 0 radical (unpaired) electrons. The number of aliphatic hydroxyl groups is 3. The van der Waals surface area contributed by atoms with Gasteiger partial charge in [-0.15, -0.1) is 0 Å². The number of nitrogens with zero attached hydrogens (tertiary/aromatic N) is 3. The minimum absolute atomic E-state index is 0.489. The lowest BCUT2D eigenvalue weighted by Gasteiger charge is -2.13. The first-order valence-corrected chi connectivity index (χ1v) is 4.86. The number of aromatic nitrogens is 2. The number of ether oxygens (including phenoxy) is 1. The summed E-state index contributed by atoms with van der Waals surface area (Å²) in [4.78, 5) is 13.4. The Morgan fingerprint density at radius 3 is 2.76 bits per heavy atom. The third-order valence-electron chi connectivity index (χ3n) is 2.60. The van der Waals surface area contributed by atoms with Crippen molar-refractivity contribution >= 4 is 5.95 Å². The molecule has 94 valence electrons. The largest absolute Gasteiger partial charge is 0.436 e. The Morgan fingerprint density at radius 2 is 2.24 bits per heavy atom. The lowest BCUT2D eigenvalue weighted by atomic mass is 10.1. The van der Waals surface area contributed by atoms with Gasteiger partial charge >= 0.3 is 5.95 Å². The van der Waals surface area contributed by atoms with Crippen molar-refractivity contribution in [2.24, 2.45) is 0 Å². The molecule has 0 unspecified atom stereocenters. The molecular weight excluding hydrogens is 234 g/mol. The fourth-order valence-electron chi connectivity index (χ4n) is 1.76. The van der Waals surface area contributed by atoms with E-state index in [1.54, 1.807) is 0 Å². The average Bonchev–Trinajstić information content (AvgIpc) is 2.86. The van der Waals surface area contributed by atoms with Crippen LogP contribution in [0, 0.1) is 10.1 Å². The standard InChI is InChI=1S/C8H11N3O6/c12-3-4-5(13)6(14)7(17-4)10-2-1-9-8(10)11(15)16/h1-2,4-7,12-14H,3H2/t4-,5+,6-,7+/m1/s1. The maximum absolute atomic E-state index is 10.7. The summed E-state index contributed by atoms with van der Waals surface area (Å²) < 4.78 is 6.14. The second kappa shape index (κ2) is 4.37. The highest BCUT2D eigenvalue weighted by Gasteiger charge is 2.46. The van der Waals surface area contributed by atoms with Crippen LogP contribution in [0.15, 0.2) is 12.4 Å². The van der Waals surface area contributed by atoms with Crippen molar-refractivity contribution in [1.29, 1.82) is 0 Å². The van der Waals surface area contributed by atoms with Gasteiger partial charge in [-0.25, -0.2) is 0 Å². The molecule has 1 fully saturated rings. The van der Waals surface area contributed by atoms with Gasteiger partial charge in [-0.3, -0.25) is 0 Å². The molecule has 2 rings (SSSR count). The van der Waals surface area contributed by atoms with E-state index in [1.165, 1.54) is 12.4 Å². The van der Waals surface area contributed by atoms with E-state index < -0.39 is 42.0 Å². The SMILES string of the molecule is O=[N+]([O-])c1nccn1[C@H]1O[C@H](CO)[C@H](O)[C@H]1O. The maximum Gasteiger partial charge on any atom is 0.436 e. The predicted octanol–water partition coefficient (Wildman–Crippen LogP) is -1.60. The van der Waals surface area contributed by atoms with E-state index in [4.69, 9.17) is 9.84 Å². The first kappa shape index (κ1) is 11.9. The van der Waals surface area contributed by atoms with E-state index in [1.807, 2.05) is 0 Å². The lowest BCUT2D eigenvalue weighted by Crippen LogP contribution is -2.33. The van der Waals surface area contributed by atoms with E-state index in [9.17, 15) is 20.3 Å². The number of nitro groups is 1. The van der Waals surface area contributed by atoms with Gasteiger partial charge in [0.2, 0.25) is 6.23 Å². The van der Waals surface area contributed by atoms with E-state index >= 15 is 0 Å². The Balaban J connectivity index is 2.29. The van der Waals surface area contributed by atoms with E-state index in [-0.39, 0.29) is 0 Å². The van der Waals surface area contributed by atoms with Gasteiger partial charge in [-0.1, -0.05) is 4.98 Å². The number of hydrogen-bond acceptors (Lipinski definition) is 7. The van der Waals surface area contributed by atoms with Gasteiger partial charge < -0.3 is 30.2 Å². The molecule has 0 amide bonds. The van der Waals surface area contributed by atoms with Crippen molar-refractivity contribution < 1.29 is 25.0 Å². The Hall–Kier alpha value is -1.55. The zero-order valence-electron chi connectivity index (χ0n) is 8.58. The third-order valence-corrected chi connectivity index (χ3v) is 2.60. The first-order valence-electron chi connectivity index (χ1n) is 4.86. The lowest BCUT2D eigenvalue weighted by molar-refractivity contribution is -0.398. The number of rotatable bonds is 3. The van der Waals surface area contributed by atoms with Crippen LogP contribution in [0.4, 0.5) is 5.95 Å². The molecule has 1 aromatic rings. The zero-order chi connectivity index (χ0) is 12.6. The van der Waals surface area contributed by atoms with Gasteiger partial charge in [-0.2, -0.15) is 4.57 Å². The van der Waals surface area contributed by atoms with Crippen LogP contribution < -0.4 is 0 Å². The van der Waals surface area contributed by atoms with Crippen LogP contribution in [0.1, 0.15) is 6.23 Å².